The van der Waals surface area contributed by atoms with Crippen molar-refractivity contribution in [2.75, 3.05) is 26.1 Å². The van der Waals surface area contributed by atoms with Gasteiger partial charge < -0.3 is 9.05 Å². The molecule has 12 heavy (non-hydrogen) atoms. The Kier molecular flexibility index (Phi) is 5.84. The Morgan fingerprint density at radius 1 is 1.42 bits per heavy atom. The van der Waals surface area contributed by atoms with Crippen molar-refractivity contribution in [3.8, 4) is 0 Å². The van der Waals surface area contributed by atoms with E-state index in [9.17, 15) is 9.36 Å². The van der Waals surface area contributed by atoms with Gasteiger partial charge in [0.1, 0.15) is 6.16 Å². The summed E-state index contributed by atoms with van der Waals surface area (Å²) in [6.07, 6.45) is -0.154. The highest BCUT2D eigenvalue weighted by Crippen LogP contribution is 2.46. The first-order chi connectivity index (χ1) is 5.58. The van der Waals surface area contributed by atoms with Crippen molar-refractivity contribution < 1.29 is 18.4 Å². The number of carbonyl (C=O) groups is 1. The van der Waals surface area contributed by atoms with Crippen molar-refractivity contribution in [3.63, 3.8) is 0 Å². The molecule has 0 aliphatic carbocycles. The van der Waals surface area contributed by atoms with Gasteiger partial charge in [0.15, 0.2) is 0 Å². The van der Waals surface area contributed by atoms with Gasteiger partial charge in [0.05, 0.1) is 0 Å². The van der Waals surface area contributed by atoms with E-state index < -0.39 is 7.60 Å². The molecule has 0 heterocycles. The summed E-state index contributed by atoms with van der Waals surface area (Å²) in [5.41, 5.74) is 0. The normalized spacial score (nSPS) is 11.6. The summed E-state index contributed by atoms with van der Waals surface area (Å²) in [4.78, 5) is 11.0. The van der Waals surface area contributed by atoms with E-state index in [0.717, 1.165) is 11.8 Å². The molecule has 0 aliphatic rings. The van der Waals surface area contributed by atoms with Gasteiger partial charge in [-0.2, -0.15) is 0 Å². The van der Waals surface area contributed by atoms with Crippen LogP contribution in [0.4, 0.5) is 0 Å². The first kappa shape index (κ1) is 12.2. The van der Waals surface area contributed by atoms with Gasteiger partial charge in [0.25, 0.3) is 0 Å². The predicted octanol–water partition coefficient (Wildman–Crippen LogP) is 1.75. The van der Waals surface area contributed by atoms with Gasteiger partial charge in [0.2, 0.25) is 5.12 Å². The second kappa shape index (κ2) is 5.75. The summed E-state index contributed by atoms with van der Waals surface area (Å²) in [5.74, 6) is 0.673. The highest BCUT2D eigenvalue weighted by molar-refractivity contribution is 8.14. The summed E-state index contributed by atoms with van der Waals surface area (Å²) in [6.45, 7) is 1.85. The van der Waals surface area contributed by atoms with Gasteiger partial charge in [-0.3, -0.25) is 9.36 Å². The van der Waals surface area contributed by atoms with Crippen LogP contribution in [0.2, 0.25) is 0 Å². The average molecular weight is 212 g/mol. The average Bonchev–Trinajstić information content (AvgIpc) is 2.05. The Morgan fingerprint density at radius 2 is 1.92 bits per heavy atom. The lowest BCUT2D eigenvalue weighted by atomic mass is 10.9. The van der Waals surface area contributed by atoms with E-state index >= 15 is 0 Å². The fraction of sp³-hybridized carbons (Fsp3) is 0.833. The Balaban J connectivity index is 4.03. The lowest BCUT2D eigenvalue weighted by molar-refractivity contribution is -0.109. The fourth-order valence-electron chi connectivity index (χ4n) is 0.568. The minimum atomic E-state index is -3.14. The van der Waals surface area contributed by atoms with Crippen LogP contribution in [0.25, 0.3) is 0 Å². The smallest absolute Gasteiger partial charge is 0.312 e. The Morgan fingerprint density at radius 3 is 2.25 bits per heavy atom. The number of rotatable bonds is 5. The van der Waals surface area contributed by atoms with Crippen molar-refractivity contribution in [2.24, 2.45) is 0 Å². The van der Waals surface area contributed by atoms with Crippen LogP contribution in [-0.4, -0.2) is 31.2 Å². The largest absolute Gasteiger partial charge is 0.338 e. The fourth-order valence-corrected chi connectivity index (χ4v) is 2.45. The van der Waals surface area contributed by atoms with E-state index in [4.69, 9.17) is 0 Å². The van der Waals surface area contributed by atoms with Gasteiger partial charge in [-0.05, 0) is 5.75 Å². The van der Waals surface area contributed by atoms with Crippen LogP contribution >= 0.6 is 19.4 Å². The van der Waals surface area contributed by atoms with Gasteiger partial charge in [-0.1, -0.05) is 18.7 Å². The maximum absolute atomic E-state index is 11.4. The zero-order valence-corrected chi connectivity index (χ0v) is 9.11. The van der Waals surface area contributed by atoms with Crippen LogP contribution < -0.4 is 0 Å². The molecule has 0 spiro atoms. The standard InChI is InChI=1S/C6H13O4PS/c1-4-12-6(7)5-11(8,9-2)10-3/h4-5H2,1-3H3. The quantitative estimate of drug-likeness (QED) is 0.650. The molecule has 0 fully saturated rings. The predicted molar refractivity (Wildman–Crippen MR) is 49.6 cm³/mol. The van der Waals surface area contributed by atoms with Crippen LogP contribution in [0, 0.1) is 0 Å². The van der Waals surface area contributed by atoms with Crippen LogP contribution in [0.5, 0.6) is 0 Å². The van der Waals surface area contributed by atoms with E-state index in [1.165, 1.54) is 14.2 Å². The number of carbonyl (C=O) groups excluding carboxylic acids is 1. The Bertz CT molecular complexity index is 186. The molecule has 4 nitrogen and oxygen atoms in total. The van der Waals surface area contributed by atoms with E-state index in [2.05, 4.69) is 9.05 Å². The second-order valence-electron chi connectivity index (χ2n) is 1.94. The second-order valence-corrected chi connectivity index (χ2v) is 5.53. The minimum Gasteiger partial charge on any atom is -0.312 e. The zero-order chi connectivity index (χ0) is 9.61. The molecule has 0 rings (SSSR count). The summed E-state index contributed by atoms with van der Waals surface area (Å²) >= 11 is 1.12. The van der Waals surface area contributed by atoms with Crippen LogP contribution in [0.3, 0.4) is 0 Å². The van der Waals surface area contributed by atoms with Crippen LogP contribution in [0.15, 0.2) is 0 Å². The zero-order valence-electron chi connectivity index (χ0n) is 7.40. The van der Waals surface area contributed by atoms with Crippen LogP contribution in [-0.2, 0) is 18.4 Å². The lowest BCUT2D eigenvalue weighted by Crippen LogP contribution is -2.03. The molecule has 0 radical (unpaired) electrons. The molecule has 0 amide bonds. The third-order valence-electron chi connectivity index (χ3n) is 1.18. The van der Waals surface area contributed by atoms with Gasteiger partial charge in [0, 0.05) is 14.2 Å². The third-order valence-corrected chi connectivity index (χ3v) is 3.94. The molecule has 0 unspecified atom stereocenters. The van der Waals surface area contributed by atoms with Crippen molar-refractivity contribution in [2.45, 2.75) is 6.92 Å². The number of hydrogen-bond acceptors (Lipinski definition) is 5. The molecule has 0 aromatic rings. The number of hydrogen-bond donors (Lipinski definition) is 0. The molecule has 0 aromatic heterocycles. The molecule has 0 bridgehead atoms. The molecule has 0 saturated heterocycles. The van der Waals surface area contributed by atoms with Crippen LogP contribution in [0.1, 0.15) is 6.92 Å². The highest BCUT2D eigenvalue weighted by Gasteiger charge is 2.24. The molecule has 6 heteroatoms. The molecule has 0 aromatic carbocycles. The van der Waals surface area contributed by atoms with E-state index in [1.807, 2.05) is 6.92 Å². The molecule has 0 atom stereocenters. The van der Waals surface area contributed by atoms with Gasteiger partial charge >= 0.3 is 7.60 Å². The van der Waals surface area contributed by atoms with E-state index in [-0.39, 0.29) is 11.3 Å². The SMILES string of the molecule is CCSC(=O)CP(=O)(OC)OC. The van der Waals surface area contributed by atoms with Crippen molar-refractivity contribution in [1.82, 2.24) is 0 Å². The topological polar surface area (TPSA) is 52.6 Å². The van der Waals surface area contributed by atoms with Crippen molar-refractivity contribution in [1.29, 1.82) is 0 Å². The third kappa shape index (κ3) is 4.26. The maximum Gasteiger partial charge on any atom is 0.338 e. The molecule has 0 saturated carbocycles. The van der Waals surface area contributed by atoms with E-state index in [1.54, 1.807) is 0 Å². The summed E-state index contributed by atoms with van der Waals surface area (Å²) < 4.78 is 20.6. The molecular weight excluding hydrogens is 199 g/mol. The van der Waals surface area contributed by atoms with Crippen molar-refractivity contribution in [3.05, 3.63) is 0 Å². The van der Waals surface area contributed by atoms with E-state index in [0.29, 0.717) is 5.75 Å². The molecule has 0 N–H and O–H groups in total. The molecule has 0 aliphatic heterocycles. The van der Waals surface area contributed by atoms with Gasteiger partial charge in [-0.25, -0.2) is 0 Å². The van der Waals surface area contributed by atoms with Gasteiger partial charge in [-0.15, -0.1) is 0 Å². The Labute approximate surface area is 76.5 Å². The first-order valence-corrected chi connectivity index (χ1v) is 6.15. The molecular formula is C6H13O4PS. The summed E-state index contributed by atoms with van der Waals surface area (Å²) in [7, 11) is -0.593. The summed E-state index contributed by atoms with van der Waals surface area (Å²) in [5, 5.41) is -0.162. The molecule has 72 valence electrons. The minimum absolute atomic E-state index is 0.154. The number of thioether (sulfide) groups is 1. The lowest BCUT2D eigenvalue weighted by Gasteiger charge is -2.11. The van der Waals surface area contributed by atoms with Crippen molar-refractivity contribution >= 4 is 24.5 Å². The Hall–Kier alpha value is 0.170. The maximum atomic E-state index is 11.4. The highest BCUT2D eigenvalue weighted by atomic mass is 32.2. The monoisotopic (exact) mass is 212 g/mol. The summed E-state index contributed by atoms with van der Waals surface area (Å²) in [6, 6.07) is 0. The first-order valence-electron chi connectivity index (χ1n) is 3.44.